The van der Waals surface area contributed by atoms with Gasteiger partial charge in [0.25, 0.3) is 0 Å². The van der Waals surface area contributed by atoms with E-state index in [4.69, 9.17) is 22.4 Å². The van der Waals surface area contributed by atoms with Gasteiger partial charge in [-0.3, -0.25) is 0 Å². The summed E-state index contributed by atoms with van der Waals surface area (Å²) in [4.78, 5) is 0. The summed E-state index contributed by atoms with van der Waals surface area (Å²) in [6.07, 6.45) is 0. The number of phenols is 1. The molecule has 12 heavy (non-hydrogen) atoms. The summed E-state index contributed by atoms with van der Waals surface area (Å²) in [5, 5.41) is 8.91. The maximum Gasteiger partial charge on any atom is 0.115 e. The number of halogens is 1. The zero-order chi connectivity index (χ0) is 9.14. The van der Waals surface area contributed by atoms with Crippen LogP contribution in [0.2, 0.25) is 0 Å². The summed E-state index contributed by atoms with van der Waals surface area (Å²) < 4.78 is 0. The molecule has 2 atom stereocenters. The zero-order valence-electron chi connectivity index (χ0n) is 6.87. The van der Waals surface area contributed by atoms with Crippen LogP contribution in [-0.4, -0.2) is 11.1 Å². The number of nitrogens with two attached hydrogens (primary N) is 1. The van der Waals surface area contributed by atoms with Crippen molar-refractivity contribution in [1.29, 1.82) is 0 Å². The van der Waals surface area contributed by atoms with E-state index in [1.807, 2.05) is 13.0 Å². The maximum absolute atomic E-state index is 9.14. The Morgan fingerprint density at radius 1 is 1.50 bits per heavy atom. The van der Waals surface area contributed by atoms with Crippen LogP contribution in [0.3, 0.4) is 0 Å². The molecule has 0 saturated carbocycles. The molecule has 0 aromatic heterocycles. The average molecular weight is 186 g/mol. The molecule has 0 bridgehead atoms. The Bertz CT molecular complexity index is 262. The van der Waals surface area contributed by atoms with E-state index in [1.165, 1.54) is 0 Å². The standard InChI is InChI=1S/C9H12ClNO/c1-6(11)9(10)7-3-2-4-8(12)5-7/h2-6,9,12H,11H2,1H3. The molecule has 0 heterocycles. The first-order valence-corrected chi connectivity index (χ1v) is 4.23. The molecule has 2 nitrogen and oxygen atoms in total. The fourth-order valence-electron chi connectivity index (χ4n) is 1.000. The van der Waals surface area contributed by atoms with Gasteiger partial charge in [0.2, 0.25) is 0 Å². The van der Waals surface area contributed by atoms with Gasteiger partial charge in [0.05, 0.1) is 5.38 Å². The van der Waals surface area contributed by atoms with Gasteiger partial charge in [-0.1, -0.05) is 12.1 Å². The van der Waals surface area contributed by atoms with Crippen LogP contribution < -0.4 is 5.73 Å². The summed E-state index contributed by atoms with van der Waals surface area (Å²) in [6, 6.07) is 6.71. The first kappa shape index (κ1) is 9.36. The molecule has 2 unspecified atom stereocenters. The molecule has 0 aliphatic heterocycles. The Hall–Kier alpha value is -0.730. The van der Waals surface area contributed by atoms with Gasteiger partial charge in [0.15, 0.2) is 0 Å². The highest BCUT2D eigenvalue weighted by Gasteiger charge is 2.12. The molecule has 3 heteroatoms. The van der Waals surface area contributed by atoms with E-state index in [1.54, 1.807) is 18.2 Å². The lowest BCUT2D eigenvalue weighted by atomic mass is 10.1. The lowest BCUT2D eigenvalue weighted by molar-refractivity contribution is 0.474. The summed E-state index contributed by atoms with van der Waals surface area (Å²) in [5.74, 6) is 0.221. The molecule has 3 N–H and O–H groups in total. The fraction of sp³-hybridized carbons (Fsp3) is 0.333. The molecular formula is C9H12ClNO. The summed E-state index contributed by atoms with van der Waals surface area (Å²) >= 11 is 5.98. The highest BCUT2D eigenvalue weighted by atomic mass is 35.5. The second-order valence-electron chi connectivity index (χ2n) is 2.86. The predicted octanol–water partition coefficient (Wildman–Crippen LogP) is 2.02. The van der Waals surface area contributed by atoms with Crippen molar-refractivity contribution in [3.63, 3.8) is 0 Å². The molecule has 0 fully saturated rings. The molecule has 0 aliphatic carbocycles. The van der Waals surface area contributed by atoms with Gasteiger partial charge in [-0.25, -0.2) is 0 Å². The van der Waals surface area contributed by atoms with Gasteiger partial charge < -0.3 is 10.8 Å². The highest BCUT2D eigenvalue weighted by Crippen LogP contribution is 2.25. The van der Waals surface area contributed by atoms with Gasteiger partial charge in [0.1, 0.15) is 5.75 Å². The Morgan fingerprint density at radius 3 is 2.67 bits per heavy atom. The third kappa shape index (κ3) is 2.13. The van der Waals surface area contributed by atoms with Crippen molar-refractivity contribution < 1.29 is 5.11 Å². The van der Waals surface area contributed by atoms with Crippen LogP contribution in [-0.2, 0) is 0 Å². The number of aromatic hydroxyl groups is 1. The number of benzene rings is 1. The minimum absolute atomic E-state index is 0.117. The molecule has 1 rings (SSSR count). The molecule has 0 spiro atoms. The van der Waals surface area contributed by atoms with E-state index in [2.05, 4.69) is 0 Å². The van der Waals surface area contributed by atoms with Gasteiger partial charge in [-0.05, 0) is 24.6 Å². The van der Waals surface area contributed by atoms with Gasteiger partial charge >= 0.3 is 0 Å². The van der Waals surface area contributed by atoms with Crippen molar-refractivity contribution in [1.82, 2.24) is 0 Å². The summed E-state index contributed by atoms with van der Waals surface area (Å²) in [6.45, 7) is 1.84. The molecule has 1 aromatic carbocycles. The lowest BCUT2D eigenvalue weighted by Crippen LogP contribution is -2.20. The van der Waals surface area contributed by atoms with Crippen LogP contribution in [0.1, 0.15) is 17.9 Å². The minimum Gasteiger partial charge on any atom is -0.508 e. The SMILES string of the molecule is CC(N)C(Cl)c1cccc(O)c1. The van der Waals surface area contributed by atoms with Crippen LogP contribution in [0.5, 0.6) is 5.75 Å². The van der Waals surface area contributed by atoms with Crippen molar-refractivity contribution in [3.8, 4) is 5.75 Å². The average Bonchev–Trinajstić information content (AvgIpc) is 2.03. The van der Waals surface area contributed by atoms with Crippen LogP contribution in [0, 0.1) is 0 Å². The molecule has 0 aliphatic rings. The van der Waals surface area contributed by atoms with Crippen LogP contribution in [0.15, 0.2) is 24.3 Å². The van der Waals surface area contributed by atoms with Crippen LogP contribution in [0.4, 0.5) is 0 Å². The van der Waals surface area contributed by atoms with Crippen molar-refractivity contribution in [2.45, 2.75) is 18.3 Å². The maximum atomic E-state index is 9.14. The molecular weight excluding hydrogens is 174 g/mol. The largest absolute Gasteiger partial charge is 0.508 e. The lowest BCUT2D eigenvalue weighted by Gasteiger charge is -2.13. The fourth-order valence-corrected chi connectivity index (χ4v) is 1.14. The van der Waals surface area contributed by atoms with E-state index in [9.17, 15) is 0 Å². The van der Waals surface area contributed by atoms with E-state index < -0.39 is 0 Å². The van der Waals surface area contributed by atoms with E-state index in [0.29, 0.717) is 0 Å². The van der Waals surface area contributed by atoms with E-state index in [-0.39, 0.29) is 17.2 Å². The molecule has 1 aromatic rings. The first-order valence-electron chi connectivity index (χ1n) is 3.80. The molecule has 0 radical (unpaired) electrons. The predicted molar refractivity (Wildman–Crippen MR) is 50.4 cm³/mol. The summed E-state index contributed by atoms with van der Waals surface area (Å²) in [7, 11) is 0. The van der Waals surface area contributed by atoms with Crippen LogP contribution >= 0.6 is 11.6 Å². The van der Waals surface area contributed by atoms with Crippen LogP contribution in [0.25, 0.3) is 0 Å². The minimum atomic E-state index is -0.239. The van der Waals surface area contributed by atoms with Gasteiger partial charge in [-0.15, -0.1) is 11.6 Å². The van der Waals surface area contributed by atoms with Gasteiger partial charge in [0, 0.05) is 6.04 Å². The van der Waals surface area contributed by atoms with E-state index in [0.717, 1.165) is 5.56 Å². The Balaban J connectivity index is 2.88. The van der Waals surface area contributed by atoms with Gasteiger partial charge in [-0.2, -0.15) is 0 Å². The smallest absolute Gasteiger partial charge is 0.115 e. The second kappa shape index (κ2) is 3.78. The molecule has 66 valence electrons. The number of hydrogen-bond acceptors (Lipinski definition) is 2. The Morgan fingerprint density at radius 2 is 2.17 bits per heavy atom. The van der Waals surface area contributed by atoms with Crippen molar-refractivity contribution >= 4 is 11.6 Å². The highest BCUT2D eigenvalue weighted by molar-refractivity contribution is 6.21. The number of rotatable bonds is 2. The topological polar surface area (TPSA) is 46.2 Å². The first-order chi connectivity index (χ1) is 5.61. The third-order valence-corrected chi connectivity index (χ3v) is 2.30. The Labute approximate surface area is 77.0 Å². The van der Waals surface area contributed by atoms with Crippen molar-refractivity contribution in [2.75, 3.05) is 0 Å². The summed E-state index contributed by atoms with van der Waals surface area (Å²) in [5.41, 5.74) is 6.46. The molecule has 0 saturated heterocycles. The third-order valence-electron chi connectivity index (χ3n) is 1.65. The van der Waals surface area contributed by atoms with Crippen molar-refractivity contribution in [3.05, 3.63) is 29.8 Å². The normalized spacial score (nSPS) is 15.6. The van der Waals surface area contributed by atoms with Crippen molar-refractivity contribution in [2.24, 2.45) is 5.73 Å². The number of phenolic OH excluding ortho intramolecular Hbond substituents is 1. The second-order valence-corrected chi connectivity index (χ2v) is 3.33. The Kier molecular flexibility index (Phi) is 2.95. The number of alkyl halides is 1. The number of hydrogen-bond donors (Lipinski definition) is 2. The molecule has 0 amide bonds. The van der Waals surface area contributed by atoms with E-state index >= 15 is 0 Å². The zero-order valence-corrected chi connectivity index (χ0v) is 7.62. The quantitative estimate of drug-likeness (QED) is 0.693. The monoisotopic (exact) mass is 185 g/mol.